The van der Waals surface area contributed by atoms with Gasteiger partial charge in [-0.2, -0.15) is 0 Å². The molecule has 0 fully saturated rings. The highest BCUT2D eigenvalue weighted by Gasteiger charge is 2.17. The third-order valence-electron chi connectivity index (χ3n) is 3.53. The molecule has 3 rings (SSSR count). The monoisotopic (exact) mass is 303 g/mol. The van der Waals surface area contributed by atoms with E-state index in [4.69, 9.17) is 0 Å². The number of likely N-dealkylation sites (N-methyl/N-ethyl adjacent to an activating group) is 1. The summed E-state index contributed by atoms with van der Waals surface area (Å²) >= 11 is 1.61. The quantitative estimate of drug-likeness (QED) is 0.778. The van der Waals surface area contributed by atoms with Crippen molar-refractivity contribution < 1.29 is 4.39 Å². The summed E-state index contributed by atoms with van der Waals surface area (Å²) in [6, 6.07) is 5.20. The van der Waals surface area contributed by atoms with Crippen molar-refractivity contribution in [2.45, 2.75) is 26.3 Å². The second-order valence-corrected chi connectivity index (χ2v) is 6.04. The van der Waals surface area contributed by atoms with E-state index in [1.807, 2.05) is 42.1 Å². The maximum absolute atomic E-state index is 14.1. The normalized spacial score (nSPS) is 12.9. The Labute approximate surface area is 127 Å². The van der Waals surface area contributed by atoms with Crippen LogP contribution in [-0.2, 0) is 6.42 Å². The molecule has 0 spiro atoms. The first-order valence-corrected chi connectivity index (χ1v) is 7.96. The first-order chi connectivity index (χ1) is 10.2. The Bertz CT molecular complexity index is 718. The number of halogens is 1. The van der Waals surface area contributed by atoms with E-state index in [1.54, 1.807) is 23.5 Å². The van der Waals surface area contributed by atoms with Gasteiger partial charge in [-0.1, -0.05) is 24.6 Å². The van der Waals surface area contributed by atoms with Gasteiger partial charge in [0.1, 0.15) is 5.82 Å². The predicted molar refractivity (Wildman–Crippen MR) is 84.3 cm³/mol. The highest BCUT2D eigenvalue weighted by Crippen LogP contribution is 2.23. The maximum Gasteiger partial charge on any atom is 0.193 e. The van der Waals surface area contributed by atoms with Gasteiger partial charge in [0, 0.05) is 35.8 Å². The minimum absolute atomic E-state index is 0.0560. The second-order valence-electron chi connectivity index (χ2n) is 5.16. The summed E-state index contributed by atoms with van der Waals surface area (Å²) in [6.07, 6.45) is 4.69. The number of fused-ring (bicyclic) bond motifs is 1. The van der Waals surface area contributed by atoms with Crippen LogP contribution in [0.15, 0.2) is 36.0 Å². The molecule has 0 aliphatic carbocycles. The summed E-state index contributed by atoms with van der Waals surface area (Å²) in [5.74, 6) is -0.160. The largest absolute Gasteiger partial charge is 0.310 e. The summed E-state index contributed by atoms with van der Waals surface area (Å²) in [5.41, 5.74) is 2.77. The molecule has 0 bridgehead atoms. The first-order valence-electron chi connectivity index (χ1n) is 7.08. The SMILES string of the molecule is CCNC(Cc1cn2ccsc2n1)c1cc(C)ccc1F. The van der Waals surface area contributed by atoms with Gasteiger partial charge in [-0.25, -0.2) is 9.37 Å². The molecule has 0 radical (unpaired) electrons. The molecular formula is C16H18FN3S. The number of nitrogens with zero attached hydrogens (tertiary/aromatic N) is 2. The lowest BCUT2D eigenvalue weighted by molar-refractivity contribution is 0.506. The summed E-state index contributed by atoms with van der Waals surface area (Å²) in [7, 11) is 0. The Morgan fingerprint density at radius 1 is 1.43 bits per heavy atom. The van der Waals surface area contributed by atoms with Crippen LogP contribution in [0.5, 0.6) is 0 Å². The standard InChI is InChI=1S/C16H18FN3S/c1-3-18-15(13-8-11(2)4-5-14(13)17)9-12-10-20-6-7-21-16(20)19-12/h4-8,10,15,18H,3,9H2,1-2H3. The van der Waals surface area contributed by atoms with Gasteiger partial charge in [-0.3, -0.25) is 4.40 Å². The first kappa shape index (κ1) is 14.2. The topological polar surface area (TPSA) is 29.3 Å². The Hall–Kier alpha value is -1.72. The Morgan fingerprint density at radius 3 is 3.05 bits per heavy atom. The molecule has 0 aliphatic rings. The van der Waals surface area contributed by atoms with Crippen molar-refractivity contribution in [3.05, 3.63) is 58.6 Å². The number of nitrogens with one attached hydrogen (secondary N) is 1. The number of hydrogen-bond acceptors (Lipinski definition) is 3. The highest BCUT2D eigenvalue weighted by molar-refractivity contribution is 7.15. The van der Waals surface area contributed by atoms with E-state index in [0.29, 0.717) is 12.0 Å². The van der Waals surface area contributed by atoms with Crippen LogP contribution in [0.4, 0.5) is 4.39 Å². The van der Waals surface area contributed by atoms with Gasteiger partial charge in [0.15, 0.2) is 4.96 Å². The molecule has 1 unspecified atom stereocenters. The van der Waals surface area contributed by atoms with Gasteiger partial charge < -0.3 is 5.32 Å². The Morgan fingerprint density at radius 2 is 2.29 bits per heavy atom. The van der Waals surface area contributed by atoms with E-state index >= 15 is 0 Å². The number of aromatic nitrogens is 2. The third kappa shape index (κ3) is 2.99. The average molecular weight is 303 g/mol. The van der Waals surface area contributed by atoms with Crippen molar-refractivity contribution in [3.63, 3.8) is 0 Å². The molecule has 1 atom stereocenters. The van der Waals surface area contributed by atoms with Crippen LogP contribution in [0.1, 0.15) is 29.8 Å². The van der Waals surface area contributed by atoms with Crippen molar-refractivity contribution in [2.75, 3.05) is 6.54 Å². The third-order valence-corrected chi connectivity index (χ3v) is 4.30. The molecule has 3 aromatic rings. The zero-order valence-corrected chi connectivity index (χ0v) is 13.0. The molecule has 2 aromatic heterocycles. The molecule has 0 amide bonds. The lowest BCUT2D eigenvalue weighted by Gasteiger charge is -2.18. The van der Waals surface area contributed by atoms with E-state index in [9.17, 15) is 4.39 Å². The molecule has 2 heterocycles. The van der Waals surface area contributed by atoms with Gasteiger partial charge >= 0.3 is 0 Å². The number of imidazole rings is 1. The van der Waals surface area contributed by atoms with E-state index in [2.05, 4.69) is 10.3 Å². The number of aryl methyl sites for hydroxylation is 1. The summed E-state index contributed by atoms with van der Waals surface area (Å²) in [5, 5.41) is 5.37. The van der Waals surface area contributed by atoms with E-state index in [0.717, 1.165) is 22.8 Å². The predicted octanol–water partition coefficient (Wildman–Crippen LogP) is 3.74. The summed E-state index contributed by atoms with van der Waals surface area (Å²) in [4.78, 5) is 5.57. The van der Waals surface area contributed by atoms with Crippen LogP contribution >= 0.6 is 11.3 Å². The van der Waals surface area contributed by atoms with Crippen LogP contribution < -0.4 is 5.32 Å². The van der Waals surface area contributed by atoms with Gasteiger partial charge in [0.2, 0.25) is 0 Å². The number of hydrogen-bond donors (Lipinski definition) is 1. The van der Waals surface area contributed by atoms with Crippen molar-refractivity contribution in [1.82, 2.24) is 14.7 Å². The molecule has 110 valence electrons. The van der Waals surface area contributed by atoms with Crippen LogP contribution in [-0.4, -0.2) is 15.9 Å². The molecular weight excluding hydrogens is 285 g/mol. The van der Waals surface area contributed by atoms with Crippen molar-refractivity contribution >= 4 is 16.3 Å². The Kier molecular flexibility index (Phi) is 4.03. The average Bonchev–Trinajstić information content (AvgIpc) is 3.02. The maximum atomic E-state index is 14.1. The lowest BCUT2D eigenvalue weighted by atomic mass is 9.99. The fourth-order valence-corrected chi connectivity index (χ4v) is 3.27. The van der Waals surface area contributed by atoms with Gasteiger partial charge in [-0.05, 0) is 19.5 Å². The van der Waals surface area contributed by atoms with Crippen LogP contribution in [0.25, 0.3) is 4.96 Å². The molecule has 0 saturated carbocycles. The van der Waals surface area contributed by atoms with E-state index in [1.165, 1.54) is 0 Å². The van der Waals surface area contributed by atoms with Gasteiger partial charge in [0.25, 0.3) is 0 Å². The molecule has 0 aliphatic heterocycles. The van der Waals surface area contributed by atoms with E-state index in [-0.39, 0.29) is 11.9 Å². The minimum atomic E-state index is -0.160. The summed E-state index contributed by atoms with van der Waals surface area (Å²) < 4.78 is 16.1. The highest BCUT2D eigenvalue weighted by atomic mass is 32.1. The second kappa shape index (κ2) is 5.95. The molecule has 3 nitrogen and oxygen atoms in total. The van der Waals surface area contributed by atoms with Crippen molar-refractivity contribution in [3.8, 4) is 0 Å². The van der Waals surface area contributed by atoms with E-state index < -0.39 is 0 Å². The number of rotatable bonds is 5. The van der Waals surface area contributed by atoms with Crippen LogP contribution in [0.3, 0.4) is 0 Å². The molecule has 5 heteroatoms. The fraction of sp³-hybridized carbons (Fsp3) is 0.312. The molecule has 21 heavy (non-hydrogen) atoms. The number of thiazole rings is 1. The zero-order valence-electron chi connectivity index (χ0n) is 12.1. The van der Waals surface area contributed by atoms with Crippen molar-refractivity contribution in [1.29, 1.82) is 0 Å². The van der Waals surface area contributed by atoms with Gasteiger partial charge in [0.05, 0.1) is 5.69 Å². The fourth-order valence-electron chi connectivity index (χ4n) is 2.55. The van der Waals surface area contributed by atoms with Gasteiger partial charge in [-0.15, -0.1) is 11.3 Å². The van der Waals surface area contributed by atoms with Crippen LogP contribution in [0, 0.1) is 12.7 Å². The number of benzene rings is 1. The zero-order chi connectivity index (χ0) is 14.8. The lowest BCUT2D eigenvalue weighted by Crippen LogP contribution is -2.24. The molecule has 0 saturated heterocycles. The smallest absolute Gasteiger partial charge is 0.193 e. The van der Waals surface area contributed by atoms with Crippen LogP contribution in [0.2, 0.25) is 0 Å². The molecule has 1 N–H and O–H groups in total. The summed E-state index contributed by atoms with van der Waals surface area (Å²) in [6.45, 7) is 4.81. The minimum Gasteiger partial charge on any atom is -0.310 e. The Balaban J connectivity index is 1.90. The molecule has 1 aromatic carbocycles. The van der Waals surface area contributed by atoms with Crippen molar-refractivity contribution in [2.24, 2.45) is 0 Å².